The van der Waals surface area contributed by atoms with Crippen molar-refractivity contribution in [3.63, 3.8) is 0 Å². The van der Waals surface area contributed by atoms with E-state index in [-0.39, 0.29) is 5.82 Å². The van der Waals surface area contributed by atoms with Crippen molar-refractivity contribution in [2.75, 3.05) is 0 Å². The Hall–Kier alpha value is -1.45. The third-order valence-electron chi connectivity index (χ3n) is 1.82. The Balaban J connectivity index is 2.84. The minimum atomic E-state index is -0.257. The average molecular weight is 165 g/mol. The molecule has 0 amide bonds. The lowest BCUT2D eigenvalue weighted by Crippen LogP contribution is -1.97. The molecule has 0 atom stereocenters. The minimum Gasteiger partial charge on any atom is -0.237 e. The number of hydrogen-bond donors (Lipinski definition) is 0. The van der Waals surface area contributed by atoms with E-state index < -0.39 is 0 Å². The van der Waals surface area contributed by atoms with Gasteiger partial charge in [-0.05, 0) is 12.5 Å². The maximum absolute atomic E-state index is 13.1. The normalized spacial score (nSPS) is 10.8. The van der Waals surface area contributed by atoms with Crippen LogP contribution in [-0.4, -0.2) is 14.6 Å². The van der Waals surface area contributed by atoms with Crippen LogP contribution in [0.25, 0.3) is 5.52 Å². The van der Waals surface area contributed by atoms with Crippen LogP contribution in [0.5, 0.6) is 0 Å². The van der Waals surface area contributed by atoms with Crippen molar-refractivity contribution in [2.24, 2.45) is 0 Å². The molecule has 0 aromatic carbocycles. The Labute approximate surface area is 68.9 Å². The number of aromatic nitrogens is 3. The predicted octanol–water partition coefficient (Wildman–Crippen LogP) is 1.43. The first-order chi connectivity index (χ1) is 5.83. The van der Waals surface area contributed by atoms with Crippen LogP contribution in [0.1, 0.15) is 12.6 Å². The second kappa shape index (κ2) is 2.55. The molecule has 12 heavy (non-hydrogen) atoms. The summed E-state index contributed by atoms with van der Waals surface area (Å²) in [6.07, 6.45) is 3.74. The molecule has 0 unspecified atom stereocenters. The highest BCUT2D eigenvalue weighted by atomic mass is 19.1. The fourth-order valence-electron chi connectivity index (χ4n) is 1.24. The van der Waals surface area contributed by atoms with Gasteiger partial charge in [0.25, 0.3) is 0 Å². The van der Waals surface area contributed by atoms with E-state index in [1.165, 1.54) is 16.9 Å². The summed E-state index contributed by atoms with van der Waals surface area (Å²) in [5.41, 5.74) is 1.23. The summed E-state index contributed by atoms with van der Waals surface area (Å²) in [6.45, 7) is 1.94. The highest BCUT2D eigenvalue weighted by Crippen LogP contribution is 2.12. The minimum absolute atomic E-state index is 0.257. The maximum atomic E-state index is 13.1. The highest BCUT2D eigenvalue weighted by molar-refractivity contribution is 5.52. The Morgan fingerprint density at radius 1 is 1.58 bits per heavy atom. The van der Waals surface area contributed by atoms with Crippen molar-refractivity contribution in [1.82, 2.24) is 14.6 Å². The molecule has 2 aromatic heterocycles. The van der Waals surface area contributed by atoms with Crippen molar-refractivity contribution in [1.29, 1.82) is 0 Å². The van der Waals surface area contributed by atoms with Crippen LogP contribution in [0.4, 0.5) is 4.39 Å². The van der Waals surface area contributed by atoms with Crippen LogP contribution >= 0.6 is 0 Å². The summed E-state index contributed by atoms with van der Waals surface area (Å²) in [5, 5.41) is 3.88. The van der Waals surface area contributed by atoms with Gasteiger partial charge in [0, 0.05) is 6.20 Å². The zero-order valence-corrected chi connectivity index (χ0v) is 6.66. The van der Waals surface area contributed by atoms with Gasteiger partial charge in [-0.2, -0.15) is 5.10 Å². The van der Waals surface area contributed by atoms with E-state index in [1.54, 1.807) is 6.20 Å². The fourth-order valence-corrected chi connectivity index (χ4v) is 1.24. The molecule has 4 heteroatoms. The molecule has 0 N–H and O–H groups in total. The maximum Gasteiger partial charge on any atom is 0.152 e. The van der Waals surface area contributed by atoms with Gasteiger partial charge in [0.2, 0.25) is 0 Å². The molecule has 0 aliphatic carbocycles. The summed E-state index contributed by atoms with van der Waals surface area (Å²) in [4.78, 5) is 3.99. The first-order valence-electron chi connectivity index (χ1n) is 3.79. The number of hydrogen-bond acceptors (Lipinski definition) is 2. The molecule has 0 aliphatic rings. The zero-order valence-electron chi connectivity index (χ0n) is 6.66. The van der Waals surface area contributed by atoms with Crippen LogP contribution in [0.3, 0.4) is 0 Å². The smallest absolute Gasteiger partial charge is 0.152 e. The van der Waals surface area contributed by atoms with Gasteiger partial charge >= 0.3 is 0 Å². The molecule has 62 valence electrons. The molecule has 0 radical (unpaired) electrons. The second-order valence-corrected chi connectivity index (χ2v) is 2.52. The van der Waals surface area contributed by atoms with E-state index in [0.717, 1.165) is 5.69 Å². The first-order valence-corrected chi connectivity index (χ1v) is 3.79. The Morgan fingerprint density at radius 2 is 2.42 bits per heavy atom. The van der Waals surface area contributed by atoms with Crippen LogP contribution in [0.2, 0.25) is 0 Å². The molecule has 0 saturated heterocycles. The molecule has 2 heterocycles. The van der Waals surface area contributed by atoms with Gasteiger partial charge in [-0.25, -0.2) is 13.9 Å². The van der Waals surface area contributed by atoms with Crippen molar-refractivity contribution >= 4 is 5.52 Å². The number of rotatable bonds is 1. The van der Waals surface area contributed by atoms with E-state index in [9.17, 15) is 4.39 Å². The second-order valence-electron chi connectivity index (χ2n) is 2.52. The van der Waals surface area contributed by atoms with Crippen LogP contribution in [-0.2, 0) is 6.42 Å². The number of aryl methyl sites for hydroxylation is 1. The molecule has 0 spiro atoms. The molecule has 0 aliphatic heterocycles. The van der Waals surface area contributed by atoms with Gasteiger partial charge in [-0.15, -0.1) is 0 Å². The Bertz CT molecular complexity index is 408. The largest absolute Gasteiger partial charge is 0.237 e. The summed E-state index contributed by atoms with van der Waals surface area (Å²) >= 11 is 0. The molecule has 0 fully saturated rings. The van der Waals surface area contributed by atoms with Gasteiger partial charge in [0.15, 0.2) is 5.82 Å². The van der Waals surface area contributed by atoms with Crippen LogP contribution in [0.15, 0.2) is 18.6 Å². The zero-order chi connectivity index (χ0) is 8.55. The lowest BCUT2D eigenvalue weighted by molar-refractivity contribution is 0.636. The van der Waals surface area contributed by atoms with E-state index in [1.807, 2.05) is 6.92 Å². The third-order valence-corrected chi connectivity index (χ3v) is 1.82. The summed E-state index contributed by atoms with van der Waals surface area (Å²) < 4.78 is 14.6. The summed E-state index contributed by atoms with van der Waals surface area (Å²) in [6, 6.07) is 1.39. The Morgan fingerprint density at radius 3 is 3.17 bits per heavy atom. The molecular formula is C8H8FN3. The Kier molecular flexibility index (Phi) is 1.53. The molecule has 0 bridgehead atoms. The fraction of sp³-hybridized carbons (Fsp3) is 0.250. The lowest BCUT2D eigenvalue weighted by atomic mass is 10.3. The number of halogens is 1. The van der Waals surface area contributed by atoms with Gasteiger partial charge in [0.05, 0.1) is 5.69 Å². The highest BCUT2D eigenvalue weighted by Gasteiger charge is 2.06. The molecule has 0 saturated carbocycles. The topological polar surface area (TPSA) is 30.2 Å². The standard InChI is InChI=1S/C8H8FN3/c1-2-7-8-6(9)3-4-12(8)11-5-10-7/h3-5H,2H2,1H3. The van der Waals surface area contributed by atoms with E-state index in [0.29, 0.717) is 11.9 Å². The molecule has 2 aromatic rings. The van der Waals surface area contributed by atoms with Crippen molar-refractivity contribution in [3.8, 4) is 0 Å². The third kappa shape index (κ3) is 0.879. The first kappa shape index (κ1) is 7.21. The van der Waals surface area contributed by atoms with Gasteiger partial charge in [-0.1, -0.05) is 6.92 Å². The average Bonchev–Trinajstić information content (AvgIpc) is 2.48. The predicted molar refractivity (Wildman–Crippen MR) is 42.3 cm³/mol. The van der Waals surface area contributed by atoms with Crippen LogP contribution in [0, 0.1) is 5.82 Å². The van der Waals surface area contributed by atoms with Crippen molar-refractivity contribution in [2.45, 2.75) is 13.3 Å². The number of fused-ring (bicyclic) bond motifs is 1. The SMILES string of the molecule is CCc1ncnn2ccc(F)c12. The summed E-state index contributed by atoms with van der Waals surface area (Å²) in [7, 11) is 0. The van der Waals surface area contributed by atoms with Gasteiger partial charge in [0.1, 0.15) is 11.8 Å². The van der Waals surface area contributed by atoms with E-state index in [4.69, 9.17) is 0 Å². The van der Waals surface area contributed by atoms with E-state index >= 15 is 0 Å². The molecular weight excluding hydrogens is 157 g/mol. The van der Waals surface area contributed by atoms with Crippen LogP contribution < -0.4 is 0 Å². The monoisotopic (exact) mass is 165 g/mol. The molecule has 3 nitrogen and oxygen atoms in total. The quantitative estimate of drug-likeness (QED) is 0.639. The molecule has 2 rings (SSSR count). The van der Waals surface area contributed by atoms with Gasteiger partial charge in [-0.3, -0.25) is 0 Å². The number of nitrogens with zero attached hydrogens (tertiary/aromatic N) is 3. The van der Waals surface area contributed by atoms with Gasteiger partial charge < -0.3 is 0 Å². The van der Waals surface area contributed by atoms with E-state index in [2.05, 4.69) is 10.1 Å². The lowest BCUT2D eigenvalue weighted by Gasteiger charge is -1.98. The van der Waals surface area contributed by atoms with Crippen molar-refractivity contribution in [3.05, 3.63) is 30.1 Å². The van der Waals surface area contributed by atoms with Crippen molar-refractivity contribution < 1.29 is 4.39 Å². The summed E-state index contributed by atoms with van der Waals surface area (Å²) in [5.74, 6) is -0.257.